The average Bonchev–Trinajstić information content (AvgIpc) is 2.58. The second-order valence-corrected chi connectivity index (χ2v) is 8.30. The molecular weight excluding hydrogens is 454 g/mol. The maximum absolute atomic E-state index is 12.2. The van der Waals surface area contributed by atoms with Crippen molar-refractivity contribution in [2.24, 2.45) is 0 Å². The minimum Gasteiger partial charge on any atom is -0.464 e. The first kappa shape index (κ1) is 16.5. The molecule has 3 atom stereocenters. The van der Waals surface area contributed by atoms with Crippen molar-refractivity contribution in [2.75, 3.05) is 6.61 Å². The molecule has 1 N–H and O–H groups in total. The Labute approximate surface area is 135 Å². The highest BCUT2D eigenvalue weighted by Gasteiger charge is 2.48. The van der Waals surface area contributed by atoms with Crippen molar-refractivity contribution in [3.8, 4) is 0 Å². The van der Waals surface area contributed by atoms with E-state index in [9.17, 15) is 9.59 Å². The first-order valence-electron chi connectivity index (χ1n) is 5.16. The third kappa shape index (κ3) is 3.52. The summed E-state index contributed by atoms with van der Waals surface area (Å²) in [7, 11) is 0. The zero-order valence-corrected chi connectivity index (χ0v) is 15.3. The Bertz CT molecular complexity index is 391. The van der Waals surface area contributed by atoms with Crippen molar-refractivity contribution in [2.45, 2.75) is 28.4 Å². The minimum absolute atomic E-state index is 0.190. The van der Waals surface area contributed by atoms with E-state index in [1.807, 2.05) is 5.41 Å². The molecule has 1 amide bonds. The third-order valence-corrected chi connectivity index (χ3v) is 8.42. The van der Waals surface area contributed by atoms with Crippen molar-refractivity contribution in [3.05, 3.63) is 9.89 Å². The second-order valence-electron chi connectivity index (χ2n) is 3.58. The number of thioether (sulfide) groups is 1. The molecule has 1 aliphatic rings. The Morgan fingerprint density at radius 1 is 1.67 bits per heavy atom. The number of ether oxygens (including phenoxy) is 1. The number of allylic oxidation sites excluding steroid dienone is 1. The highest BCUT2D eigenvalue weighted by molar-refractivity contribution is 9.16. The zero-order chi connectivity index (χ0) is 13.9. The standard InChI is InChI=1S/C10H12Br3NO3S/c1-3-17-8(15)5(2)14-9(16)10(13)7(12)6(11)4-18-10/h4-5,7H,3H2,1-2H3,(H,14,16)/t5-,7?,10?/m0/s1. The highest BCUT2D eigenvalue weighted by atomic mass is 79.9. The fourth-order valence-electron chi connectivity index (χ4n) is 1.23. The second kappa shape index (κ2) is 6.76. The number of alkyl halides is 2. The number of carbonyl (C=O) groups excluding carboxylic acids is 2. The van der Waals surface area contributed by atoms with Crippen LogP contribution in [0.25, 0.3) is 0 Å². The first-order chi connectivity index (χ1) is 8.32. The van der Waals surface area contributed by atoms with Crippen LogP contribution in [0.1, 0.15) is 13.8 Å². The predicted octanol–water partition coefficient (Wildman–Crippen LogP) is 2.89. The van der Waals surface area contributed by atoms with E-state index in [0.29, 0.717) is 6.61 Å². The van der Waals surface area contributed by atoms with E-state index in [4.69, 9.17) is 4.74 Å². The average molecular weight is 466 g/mol. The largest absolute Gasteiger partial charge is 0.464 e. The van der Waals surface area contributed by atoms with Gasteiger partial charge in [-0.15, -0.1) is 11.8 Å². The molecule has 0 fully saturated rings. The lowest BCUT2D eigenvalue weighted by Gasteiger charge is -2.25. The number of esters is 1. The molecule has 0 radical (unpaired) electrons. The van der Waals surface area contributed by atoms with Crippen molar-refractivity contribution in [3.63, 3.8) is 0 Å². The maximum Gasteiger partial charge on any atom is 0.328 e. The number of hydrogen-bond donors (Lipinski definition) is 1. The molecule has 2 unspecified atom stereocenters. The summed E-state index contributed by atoms with van der Waals surface area (Å²) in [5, 5.41) is 4.47. The van der Waals surface area contributed by atoms with Gasteiger partial charge >= 0.3 is 5.97 Å². The Morgan fingerprint density at radius 3 is 2.72 bits per heavy atom. The Balaban J connectivity index is 2.64. The van der Waals surface area contributed by atoms with Gasteiger partial charge in [0.25, 0.3) is 0 Å². The Morgan fingerprint density at radius 2 is 2.28 bits per heavy atom. The van der Waals surface area contributed by atoms with Crippen LogP contribution in [0.2, 0.25) is 0 Å². The number of rotatable bonds is 4. The summed E-state index contributed by atoms with van der Waals surface area (Å²) in [6.07, 6.45) is 0. The molecule has 0 bridgehead atoms. The number of amides is 1. The van der Waals surface area contributed by atoms with Crippen LogP contribution in [0.3, 0.4) is 0 Å². The minimum atomic E-state index is -0.855. The zero-order valence-electron chi connectivity index (χ0n) is 9.71. The molecule has 0 aromatic heterocycles. The van der Waals surface area contributed by atoms with Crippen LogP contribution >= 0.6 is 59.6 Å². The van der Waals surface area contributed by atoms with Gasteiger partial charge < -0.3 is 10.1 Å². The summed E-state index contributed by atoms with van der Waals surface area (Å²) < 4.78 is 4.86. The van der Waals surface area contributed by atoms with E-state index in [2.05, 4.69) is 53.1 Å². The smallest absolute Gasteiger partial charge is 0.328 e. The van der Waals surface area contributed by atoms with Gasteiger partial charge in [-0.25, -0.2) is 4.79 Å². The third-order valence-electron chi connectivity index (χ3n) is 2.21. The van der Waals surface area contributed by atoms with Gasteiger partial charge in [0, 0.05) is 4.48 Å². The summed E-state index contributed by atoms with van der Waals surface area (Å²) in [5.74, 6) is -0.719. The quantitative estimate of drug-likeness (QED) is 0.512. The summed E-state index contributed by atoms with van der Waals surface area (Å²) >= 11 is 11.5. The number of nitrogens with one attached hydrogen (secondary N) is 1. The fraction of sp³-hybridized carbons (Fsp3) is 0.600. The monoisotopic (exact) mass is 463 g/mol. The lowest BCUT2D eigenvalue weighted by atomic mass is 10.2. The summed E-state index contributed by atoms with van der Waals surface area (Å²) in [5.41, 5.74) is 0. The molecule has 1 heterocycles. The van der Waals surface area contributed by atoms with Crippen LogP contribution < -0.4 is 5.32 Å². The van der Waals surface area contributed by atoms with Gasteiger partial charge in [0.1, 0.15) is 6.04 Å². The lowest BCUT2D eigenvalue weighted by molar-refractivity contribution is -0.146. The van der Waals surface area contributed by atoms with Crippen LogP contribution in [0.4, 0.5) is 0 Å². The summed E-state index contributed by atoms with van der Waals surface area (Å²) in [4.78, 5) is 23.4. The molecular formula is C10H12Br3NO3S. The molecule has 1 aliphatic heterocycles. The van der Waals surface area contributed by atoms with E-state index in [1.165, 1.54) is 11.8 Å². The van der Waals surface area contributed by atoms with Crippen LogP contribution in [-0.2, 0) is 14.3 Å². The molecule has 0 aliphatic carbocycles. The van der Waals surface area contributed by atoms with Crippen LogP contribution in [-0.4, -0.2) is 33.0 Å². The van der Waals surface area contributed by atoms with Gasteiger partial charge in [-0.05, 0) is 19.3 Å². The predicted molar refractivity (Wildman–Crippen MR) is 83.2 cm³/mol. The molecule has 102 valence electrons. The van der Waals surface area contributed by atoms with Gasteiger partial charge in [-0.1, -0.05) is 47.8 Å². The number of hydrogen-bond acceptors (Lipinski definition) is 4. The van der Waals surface area contributed by atoms with Gasteiger partial charge in [0.15, 0.2) is 3.66 Å². The van der Waals surface area contributed by atoms with Crippen LogP contribution in [0, 0.1) is 0 Å². The molecule has 0 saturated heterocycles. The van der Waals surface area contributed by atoms with Gasteiger partial charge in [-0.3, -0.25) is 4.79 Å². The highest BCUT2D eigenvalue weighted by Crippen LogP contribution is 2.51. The van der Waals surface area contributed by atoms with E-state index < -0.39 is 15.7 Å². The fourth-order valence-corrected chi connectivity index (χ4v) is 4.62. The normalized spacial score (nSPS) is 28.5. The number of halogens is 3. The van der Waals surface area contributed by atoms with E-state index in [-0.39, 0.29) is 10.7 Å². The Kier molecular flexibility index (Phi) is 6.21. The van der Waals surface area contributed by atoms with Crippen molar-refractivity contribution in [1.82, 2.24) is 5.32 Å². The lowest BCUT2D eigenvalue weighted by Crippen LogP contribution is -2.49. The van der Waals surface area contributed by atoms with E-state index in [1.54, 1.807) is 13.8 Å². The molecule has 0 aromatic rings. The Hall–Kier alpha value is 0.470. The van der Waals surface area contributed by atoms with E-state index in [0.717, 1.165) is 4.48 Å². The molecule has 0 saturated carbocycles. The molecule has 0 aromatic carbocycles. The topological polar surface area (TPSA) is 55.4 Å². The van der Waals surface area contributed by atoms with Gasteiger partial charge in [0.2, 0.25) is 5.91 Å². The molecule has 18 heavy (non-hydrogen) atoms. The van der Waals surface area contributed by atoms with Crippen LogP contribution in [0.5, 0.6) is 0 Å². The summed E-state index contributed by atoms with van der Waals surface area (Å²) in [6.45, 7) is 3.61. The summed E-state index contributed by atoms with van der Waals surface area (Å²) in [6, 6.07) is -0.674. The van der Waals surface area contributed by atoms with Crippen molar-refractivity contribution < 1.29 is 14.3 Å². The number of carbonyl (C=O) groups is 2. The molecule has 8 heteroatoms. The van der Waals surface area contributed by atoms with Crippen LogP contribution in [0.15, 0.2) is 9.89 Å². The molecule has 0 spiro atoms. The first-order valence-corrected chi connectivity index (χ1v) is 8.55. The molecule has 1 rings (SSSR count). The SMILES string of the molecule is CCOC(=O)[C@H](C)NC(=O)C1(Br)SC=C(Br)C1Br. The molecule has 4 nitrogen and oxygen atoms in total. The maximum atomic E-state index is 12.2. The van der Waals surface area contributed by atoms with Crippen molar-refractivity contribution in [1.29, 1.82) is 0 Å². The van der Waals surface area contributed by atoms with Gasteiger partial charge in [0.05, 0.1) is 11.4 Å². The van der Waals surface area contributed by atoms with E-state index >= 15 is 0 Å². The van der Waals surface area contributed by atoms with Crippen molar-refractivity contribution >= 4 is 71.4 Å². The van der Waals surface area contributed by atoms with Gasteiger partial charge in [-0.2, -0.15) is 0 Å².